The van der Waals surface area contributed by atoms with Crippen LogP contribution in [0.15, 0.2) is 23.1 Å². The minimum Gasteiger partial charge on any atom is -0.459 e. The van der Waals surface area contributed by atoms with Crippen molar-refractivity contribution in [3.63, 3.8) is 0 Å². The number of carbonyl (C=O) groups is 1. The average molecular weight is 259 g/mol. The zero-order valence-electron chi connectivity index (χ0n) is 9.53. The van der Waals surface area contributed by atoms with E-state index in [1.54, 1.807) is 18.2 Å². The zero-order chi connectivity index (χ0) is 12.3. The Morgan fingerprint density at radius 1 is 1.38 bits per heavy atom. The van der Waals surface area contributed by atoms with Gasteiger partial charge in [-0.2, -0.15) is 0 Å². The zero-order valence-corrected chi connectivity index (χ0v) is 11.2. The molecule has 4 heteroatoms. The molecule has 1 aromatic rings. The summed E-state index contributed by atoms with van der Waals surface area (Å²) in [5.41, 5.74) is 0.363. The van der Waals surface area contributed by atoms with Crippen molar-refractivity contribution in [2.24, 2.45) is 5.92 Å². The lowest BCUT2D eigenvalue weighted by molar-refractivity contribution is 0.0238. The van der Waals surface area contributed by atoms with Gasteiger partial charge in [0.2, 0.25) is 0 Å². The highest BCUT2D eigenvalue weighted by molar-refractivity contribution is 7.80. The van der Waals surface area contributed by atoms with E-state index in [0.29, 0.717) is 15.5 Å². The number of carbonyl (C=O) groups excluding carboxylic acids is 1. The molecule has 2 nitrogen and oxygen atoms in total. The van der Waals surface area contributed by atoms with Gasteiger partial charge in [-0.05, 0) is 31.0 Å². The first-order chi connectivity index (χ1) is 7.41. The van der Waals surface area contributed by atoms with Crippen LogP contribution in [-0.4, -0.2) is 12.1 Å². The molecule has 0 amide bonds. The molecule has 0 N–H and O–H groups in total. The lowest BCUT2D eigenvalue weighted by Gasteiger charge is -2.17. The van der Waals surface area contributed by atoms with Crippen LogP contribution in [0.25, 0.3) is 0 Å². The fraction of sp³-hybridized carbons (Fsp3) is 0.417. The van der Waals surface area contributed by atoms with Crippen molar-refractivity contribution in [2.75, 3.05) is 0 Å². The fourth-order valence-corrected chi connectivity index (χ4v) is 1.44. The van der Waals surface area contributed by atoms with E-state index in [-0.39, 0.29) is 12.0 Å². The van der Waals surface area contributed by atoms with Gasteiger partial charge in [0.15, 0.2) is 0 Å². The standard InChI is InChI=1S/C12H15ClO2S/c1-7(2)8(3)15-12(14)10-6-9(16)4-5-11(10)13/h4-8,16H,1-3H3. The van der Waals surface area contributed by atoms with Crippen LogP contribution in [0.2, 0.25) is 5.02 Å². The molecule has 0 spiro atoms. The van der Waals surface area contributed by atoms with Crippen molar-refractivity contribution < 1.29 is 9.53 Å². The summed E-state index contributed by atoms with van der Waals surface area (Å²) < 4.78 is 5.28. The second kappa shape index (κ2) is 5.60. The molecular weight excluding hydrogens is 244 g/mol. The summed E-state index contributed by atoms with van der Waals surface area (Å²) in [4.78, 5) is 12.5. The van der Waals surface area contributed by atoms with Crippen molar-refractivity contribution in [1.29, 1.82) is 0 Å². The fourth-order valence-electron chi connectivity index (χ4n) is 1.04. The molecule has 0 aliphatic carbocycles. The maximum atomic E-state index is 11.8. The second-order valence-electron chi connectivity index (χ2n) is 4.02. The van der Waals surface area contributed by atoms with Crippen molar-refractivity contribution >= 4 is 30.2 Å². The van der Waals surface area contributed by atoms with E-state index in [4.69, 9.17) is 16.3 Å². The van der Waals surface area contributed by atoms with E-state index in [2.05, 4.69) is 12.6 Å². The van der Waals surface area contributed by atoms with Crippen molar-refractivity contribution in [3.8, 4) is 0 Å². The molecule has 16 heavy (non-hydrogen) atoms. The molecule has 0 aliphatic rings. The Kier molecular flexibility index (Phi) is 4.69. The summed E-state index contributed by atoms with van der Waals surface area (Å²) in [6.45, 7) is 5.85. The molecule has 0 fully saturated rings. The van der Waals surface area contributed by atoms with E-state index in [9.17, 15) is 4.79 Å². The van der Waals surface area contributed by atoms with E-state index in [0.717, 1.165) is 0 Å². The van der Waals surface area contributed by atoms with Crippen LogP contribution in [0.3, 0.4) is 0 Å². The summed E-state index contributed by atoms with van der Waals surface area (Å²) in [6, 6.07) is 4.98. The Labute approximate surface area is 106 Å². The highest BCUT2D eigenvalue weighted by atomic mass is 35.5. The number of ether oxygens (including phenoxy) is 1. The predicted octanol–water partition coefficient (Wildman–Crippen LogP) is 3.83. The highest BCUT2D eigenvalue weighted by Crippen LogP contribution is 2.21. The Hall–Kier alpha value is -0.670. The quantitative estimate of drug-likeness (QED) is 0.659. The van der Waals surface area contributed by atoms with Gasteiger partial charge in [0.05, 0.1) is 10.6 Å². The Morgan fingerprint density at radius 3 is 2.56 bits per heavy atom. The van der Waals surface area contributed by atoms with Gasteiger partial charge >= 0.3 is 5.97 Å². The minimum absolute atomic E-state index is 0.132. The van der Waals surface area contributed by atoms with Gasteiger partial charge in [-0.25, -0.2) is 4.79 Å². The van der Waals surface area contributed by atoms with Gasteiger partial charge in [0, 0.05) is 4.90 Å². The SMILES string of the molecule is CC(C)C(C)OC(=O)c1cc(S)ccc1Cl. The Morgan fingerprint density at radius 2 is 2.00 bits per heavy atom. The third-order valence-electron chi connectivity index (χ3n) is 2.40. The molecule has 0 bridgehead atoms. The van der Waals surface area contributed by atoms with E-state index < -0.39 is 5.97 Å². The summed E-state index contributed by atoms with van der Waals surface area (Å²) in [5.74, 6) is -0.121. The first-order valence-corrected chi connectivity index (χ1v) is 5.94. The third-order valence-corrected chi connectivity index (χ3v) is 3.01. The first kappa shape index (κ1) is 13.4. The van der Waals surface area contributed by atoms with E-state index >= 15 is 0 Å². The molecule has 1 unspecified atom stereocenters. The summed E-state index contributed by atoms with van der Waals surface area (Å²) in [5, 5.41) is 0.388. The molecule has 0 saturated heterocycles. The van der Waals surface area contributed by atoms with Gasteiger partial charge in [0.25, 0.3) is 0 Å². The normalized spacial score (nSPS) is 12.6. The Balaban J connectivity index is 2.84. The second-order valence-corrected chi connectivity index (χ2v) is 4.94. The van der Waals surface area contributed by atoms with Crippen LogP contribution in [0, 0.1) is 5.92 Å². The van der Waals surface area contributed by atoms with Gasteiger partial charge in [0.1, 0.15) is 6.10 Å². The number of rotatable bonds is 3. The van der Waals surface area contributed by atoms with Crippen LogP contribution in [0.4, 0.5) is 0 Å². The number of esters is 1. The molecule has 1 atom stereocenters. The van der Waals surface area contributed by atoms with E-state index in [1.807, 2.05) is 20.8 Å². The lowest BCUT2D eigenvalue weighted by Crippen LogP contribution is -2.20. The number of thiol groups is 1. The maximum absolute atomic E-state index is 11.8. The summed E-state index contributed by atoms with van der Waals surface area (Å²) in [6.07, 6.45) is -0.132. The molecule has 88 valence electrons. The smallest absolute Gasteiger partial charge is 0.339 e. The third kappa shape index (κ3) is 3.42. The van der Waals surface area contributed by atoms with Crippen LogP contribution in [0.1, 0.15) is 31.1 Å². The number of halogens is 1. The van der Waals surface area contributed by atoms with E-state index in [1.165, 1.54) is 0 Å². The van der Waals surface area contributed by atoms with Crippen LogP contribution >= 0.6 is 24.2 Å². The monoisotopic (exact) mass is 258 g/mol. The first-order valence-electron chi connectivity index (χ1n) is 5.11. The topological polar surface area (TPSA) is 26.3 Å². The molecule has 0 saturated carbocycles. The summed E-state index contributed by atoms with van der Waals surface area (Å²) in [7, 11) is 0. The van der Waals surface area contributed by atoms with Crippen LogP contribution in [-0.2, 0) is 4.74 Å². The molecular formula is C12H15ClO2S. The van der Waals surface area contributed by atoms with Crippen molar-refractivity contribution in [3.05, 3.63) is 28.8 Å². The summed E-state index contributed by atoms with van der Waals surface area (Å²) >= 11 is 10.1. The molecule has 1 aromatic carbocycles. The Bertz CT molecular complexity index is 391. The van der Waals surface area contributed by atoms with Gasteiger partial charge in [-0.15, -0.1) is 12.6 Å². The van der Waals surface area contributed by atoms with Gasteiger partial charge < -0.3 is 4.74 Å². The number of hydrogen-bond donors (Lipinski definition) is 1. The molecule has 1 rings (SSSR count). The maximum Gasteiger partial charge on any atom is 0.339 e. The molecule has 0 heterocycles. The molecule has 0 aromatic heterocycles. The molecule has 0 aliphatic heterocycles. The van der Waals surface area contributed by atoms with Crippen molar-refractivity contribution in [1.82, 2.24) is 0 Å². The van der Waals surface area contributed by atoms with Crippen LogP contribution in [0.5, 0.6) is 0 Å². The van der Waals surface area contributed by atoms with Gasteiger partial charge in [-0.1, -0.05) is 25.4 Å². The van der Waals surface area contributed by atoms with Crippen LogP contribution < -0.4 is 0 Å². The minimum atomic E-state index is -0.401. The average Bonchev–Trinajstić information content (AvgIpc) is 2.21. The number of hydrogen-bond acceptors (Lipinski definition) is 3. The highest BCUT2D eigenvalue weighted by Gasteiger charge is 2.17. The molecule has 0 radical (unpaired) electrons. The largest absolute Gasteiger partial charge is 0.459 e. The lowest BCUT2D eigenvalue weighted by atomic mass is 10.1. The predicted molar refractivity (Wildman–Crippen MR) is 68.4 cm³/mol. The van der Waals surface area contributed by atoms with Gasteiger partial charge in [-0.3, -0.25) is 0 Å². The van der Waals surface area contributed by atoms with Crippen molar-refractivity contribution in [2.45, 2.75) is 31.8 Å². The number of benzene rings is 1.